The van der Waals surface area contributed by atoms with E-state index in [1.807, 2.05) is 13.0 Å². The van der Waals surface area contributed by atoms with Crippen molar-refractivity contribution in [1.29, 1.82) is 5.26 Å². The van der Waals surface area contributed by atoms with Crippen molar-refractivity contribution < 1.29 is 9.59 Å². The van der Waals surface area contributed by atoms with Crippen molar-refractivity contribution in [3.05, 3.63) is 59.4 Å². The number of aromatic nitrogens is 1. The van der Waals surface area contributed by atoms with E-state index < -0.39 is 5.91 Å². The lowest BCUT2D eigenvalue weighted by molar-refractivity contribution is 0.0948. The first kappa shape index (κ1) is 16.2. The summed E-state index contributed by atoms with van der Waals surface area (Å²) in [5.74, 6) is -0.724. The van der Waals surface area contributed by atoms with Crippen LogP contribution in [0.15, 0.2) is 42.6 Å². The Hall–Kier alpha value is -3.20. The molecule has 2 amide bonds. The number of carbonyl (C=O) groups excluding carboxylic acids is 2. The Labute approximate surface area is 134 Å². The summed E-state index contributed by atoms with van der Waals surface area (Å²) < 4.78 is 0. The standard InChI is InChI=1S/C17H16N4O2/c1-2-8-20-17(23)15-10-12(7-9-19-15)16(22)21-14-6-4-3-5-13(14)11-18/h3-7,9-10H,2,8H2,1H3,(H,20,23)(H,21,22). The van der Waals surface area contributed by atoms with Crippen LogP contribution in [0.25, 0.3) is 0 Å². The number of carbonyl (C=O) groups is 2. The van der Waals surface area contributed by atoms with Crippen LogP contribution in [0.2, 0.25) is 0 Å². The minimum atomic E-state index is -0.403. The molecule has 0 unspecified atom stereocenters. The fourth-order valence-corrected chi connectivity index (χ4v) is 1.91. The van der Waals surface area contributed by atoms with E-state index in [1.165, 1.54) is 18.3 Å². The Morgan fingerprint density at radius 2 is 2.00 bits per heavy atom. The highest BCUT2D eigenvalue weighted by Crippen LogP contribution is 2.15. The maximum absolute atomic E-state index is 12.3. The Morgan fingerprint density at radius 3 is 2.74 bits per heavy atom. The average molecular weight is 308 g/mol. The molecule has 0 bridgehead atoms. The lowest BCUT2D eigenvalue weighted by Crippen LogP contribution is -2.25. The van der Waals surface area contributed by atoms with Crippen molar-refractivity contribution in [1.82, 2.24) is 10.3 Å². The predicted molar refractivity (Wildman–Crippen MR) is 86.0 cm³/mol. The molecule has 0 aliphatic carbocycles. The number of hydrogen-bond donors (Lipinski definition) is 2. The zero-order chi connectivity index (χ0) is 16.7. The van der Waals surface area contributed by atoms with Crippen LogP contribution in [-0.2, 0) is 0 Å². The summed E-state index contributed by atoms with van der Waals surface area (Å²) in [5, 5.41) is 14.4. The van der Waals surface area contributed by atoms with Crippen LogP contribution in [0.3, 0.4) is 0 Å². The summed E-state index contributed by atoms with van der Waals surface area (Å²) in [6.07, 6.45) is 2.23. The third-order valence-corrected chi connectivity index (χ3v) is 3.09. The minimum Gasteiger partial charge on any atom is -0.351 e. The zero-order valence-corrected chi connectivity index (χ0v) is 12.7. The van der Waals surface area contributed by atoms with Gasteiger partial charge in [-0.25, -0.2) is 0 Å². The number of pyridine rings is 1. The fourth-order valence-electron chi connectivity index (χ4n) is 1.91. The topological polar surface area (TPSA) is 94.9 Å². The molecule has 2 aromatic rings. The van der Waals surface area contributed by atoms with E-state index in [4.69, 9.17) is 5.26 Å². The second kappa shape index (κ2) is 7.71. The monoisotopic (exact) mass is 308 g/mol. The molecule has 6 heteroatoms. The van der Waals surface area contributed by atoms with E-state index in [9.17, 15) is 9.59 Å². The van der Waals surface area contributed by atoms with Gasteiger partial charge in [-0.2, -0.15) is 5.26 Å². The molecule has 0 saturated carbocycles. The SMILES string of the molecule is CCCNC(=O)c1cc(C(=O)Nc2ccccc2C#N)ccn1. The number of amides is 2. The number of anilines is 1. The van der Waals surface area contributed by atoms with E-state index in [-0.39, 0.29) is 11.6 Å². The summed E-state index contributed by atoms with van der Waals surface area (Å²) >= 11 is 0. The van der Waals surface area contributed by atoms with E-state index in [2.05, 4.69) is 15.6 Å². The normalized spacial score (nSPS) is 9.74. The minimum absolute atomic E-state index is 0.180. The van der Waals surface area contributed by atoms with Gasteiger partial charge >= 0.3 is 0 Å². The molecule has 0 aliphatic rings. The summed E-state index contributed by atoms with van der Waals surface area (Å²) in [7, 11) is 0. The number of para-hydroxylation sites is 1. The largest absolute Gasteiger partial charge is 0.351 e. The quantitative estimate of drug-likeness (QED) is 0.886. The molecule has 1 aromatic heterocycles. The smallest absolute Gasteiger partial charge is 0.269 e. The Bertz CT molecular complexity index is 765. The molecule has 1 aromatic carbocycles. The van der Waals surface area contributed by atoms with Gasteiger partial charge in [-0.3, -0.25) is 14.6 Å². The highest BCUT2D eigenvalue weighted by molar-refractivity contribution is 6.06. The number of benzene rings is 1. The Balaban J connectivity index is 2.17. The first-order chi connectivity index (χ1) is 11.2. The molecular weight excluding hydrogens is 292 g/mol. The molecule has 2 rings (SSSR count). The van der Waals surface area contributed by atoms with Crippen LogP contribution in [-0.4, -0.2) is 23.3 Å². The van der Waals surface area contributed by atoms with Crippen molar-refractivity contribution in [3.63, 3.8) is 0 Å². The lowest BCUT2D eigenvalue weighted by atomic mass is 10.1. The van der Waals surface area contributed by atoms with Gasteiger partial charge in [0.2, 0.25) is 0 Å². The summed E-state index contributed by atoms with van der Waals surface area (Å²) in [6, 6.07) is 11.7. The summed E-state index contributed by atoms with van der Waals surface area (Å²) in [4.78, 5) is 28.2. The number of nitrogens with one attached hydrogen (secondary N) is 2. The average Bonchev–Trinajstić information content (AvgIpc) is 2.60. The van der Waals surface area contributed by atoms with Gasteiger partial charge in [0.25, 0.3) is 11.8 Å². The van der Waals surface area contributed by atoms with Gasteiger partial charge in [0.05, 0.1) is 11.3 Å². The molecule has 2 N–H and O–H groups in total. The van der Waals surface area contributed by atoms with Crippen LogP contribution in [0.5, 0.6) is 0 Å². The number of nitrogens with zero attached hydrogens (tertiary/aromatic N) is 2. The van der Waals surface area contributed by atoms with Gasteiger partial charge < -0.3 is 10.6 Å². The third-order valence-electron chi connectivity index (χ3n) is 3.09. The maximum Gasteiger partial charge on any atom is 0.269 e. The Kier molecular flexibility index (Phi) is 5.42. The van der Waals surface area contributed by atoms with Gasteiger partial charge in [-0.05, 0) is 30.7 Å². The van der Waals surface area contributed by atoms with Crippen LogP contribution in [0.4, 0.5) is 5.69 Å². The van der Waals surface area contributed by atoms with Crippen molar-refractivity contribution in [2.45, 2.75) is 13.3 Å². The first-order valence-corrected chi connectivity index (χ1v) is 7.20. The van der Waals surface area contributed by atoms with Crippen LogP contribution in [0, 0.1) is 11.3 Å². The number of rotatable bonds is 5. The van der Waals surface area contributed by atoms with E-state index in [0.717, 1.165) is 6.42 Å². The predicted octanol–water partition coefficient (Wildman–Crippen LogP) is 2.35. The summed E-state index contributed by atoms with van der Waals surface area (Å²) in [6.45, 7) is 2.50. The van der Waals surface area contributed by atoms with Crippen LogP contribution >= 0.6 is 0 Å². The second-order valence-electron chi connectivity index (χ2n) is 4.80. The first-order valence-electron chi connectivity index (χ1n) is 7.20. The summed E-state index contributed by atoms with van der Waals surface area (Å²) in [5.41, 5.74) is 1.28. The Morgan fingerprint density at radius 1 is 1.22 bits per heavy atom. The highest BCUT2D eigenvalue weighted by Gasteiger charge is 2.12. The van der Waals surface area contributed by atoms with Crippen molar-refractivity contribution >= 4 is 17.5 Å². The molecule has 1 heterocycles. The molecule has 0 spiro atoms. The molecule has 23 heavy (non-hydrogen) atoms. The molecular formula is C17H16N4O2. The molecule has 0 fully saturated rings. The fraction of sp³-hybridized carbons (Fsp3) is 0.176. The van der Waals surface area contributed by atoms with E-state index in [0.29, 0.717) is 23.4 Å². The number of nitriles is 1. The zero-order valence-electron chi connectivity index (χ0n) is 12.7. The third kappa shape index (κ3) is 4.14. The van der Waals surface area contributed by atoms with Crippen molar-refractivity contribution in [2.75, 3.05) is 11.9 Å². The molecule has 0 aliphatic heterocycles. The molecule has 0 atom stereocenters. The van der Waals surface area contributed by atoms with Crippen LogP contribution in [0.1, 0.15) is 39.8 Å². The van der Waals surface area contributed by atoms with Gasteiger partial charge in [-0.15, -0.1) is 0 Å². The second-order valence-corrected chi connectivity index (χ2v) is 4.80. The van der Waals surface area contributed by atoms with Crippen LogP contribution < -0.4 is 10.6 Å². The molecule has 0 saturated heterocycles. The van der Waals surface area contributed by atoms with Crippen molar-refractivity contribution in [2.24, 2.45) is 0 Å². The van der Waals surface area contributed by atoms with Gasteiger partial charge in [0, 0.05) is 18.3 Å². The highest BCUT2D eigenvalue weighted by atomic mass is 16.2. The van der Waals surface area contributed by atoms with E-state index >= 15 is 0 Å². The van der Waals surface area contributed by atoms with Gasteiger partial charge in [-0.1, -0.05) is 19.1 Å². The molecule has 116 valence electrons. The lowest BCUT2D eigenvalue weighted by Gasteiger charge is -2.08. The van der Waals surface area contributed by atoms with Gasteiger partial charge in [0.15, 0.2) is 0 Å². The molecule has 0 radical (unpaired) electrons. The number of hydrogen-bond acceptors (Lipinski definition) is 4. The van der Waals surface area contributed by atoms with E-state index in [1.54, 1.807) is 24.3 Å². The maximum atomic E-state index is 12.3. The molecule has 6 nitrogen and oxygen atoms in total. The van der Waals surface area contributed by atoms with Gasteiger partial charge in [0.1, 0.15) is 11.8 Å². The van der Waals surface area contributed by atoms with Crippen molar-refractivity contribution in [3.8, 4) is 6.07 Å².